The Hall–Kier alpha value is -3.19. The summed E-state index contributed by atoms with van der Waals surface area (Å²) in [4.78, 5) is 19.0. The summed E-state index contributed by atoms with van der Waals surface area (Å²) in [6, 6.07) is 20.1. The second kappa shape index (κ2) is 9.82. The Morgan fingerprint density at radius 2 is 1.66 bits per heavy atom. The summed E-state index contributed by atoms with van der Waals surface area (Å²) < 4.78 is 29.7. The van der Waals surface area contributed by atoms with Crippen molar-refractivity contribution in [2.75, 3.05) is 19.3 Å². The van der Waals surface area contributed by atoms with Crippen LogP contribution in [0.2, 0.25) is 0 Å². The molecule has 2 aromatic carbocycles. The molecule has 1 aliphatic rings. The monoisotopic (exact) mass is 492 g/mol. The van der Waals surface area contributed by atoms with Crippen LogP contribution in [0.3, 0.4) is 0 Å². The van der Waals surface area contributed by atoms with E-state index in [9.17, 15) is 13.2 Å². The molecule has 2 atom stereocenters. The van der Waals surface area contributed by atoms with Crippen LogP contribution in [0.1, 0.15) is 50.2 Å². The second-order valence-corrected chi connectivity index (χ2v) is 12.2. The standard InChI is InChI=1S/C28H32N2O4S/c1-28(2,3)34-27(31)30-14-13-25(20-9-6-5-7-10-20)26(19-30)22-12-8-11-21(15-22)23-16-24(18-29-17-23)35(4,32)33/h5-12,15-18,25-26H,13-14,19H2,1-4H3/t25-,26-/m0/s1. The van der Waals surface area contributed by atoms with Gasteiger partial charge in [0, 0.05) is 43.2 Å². The second-order valence-electron chi connectivity index (χ2n) is 10.1. The lowest BCUT2D eigenvalue weighted by atomic mass is 9.76. The maximum Gasteiger partial charge on any atom is 0.410 e. The molecule has 0 N–H and O–H groups in total. The Balaban J connectivity index is 1.70. The van der Waals surface area contributed by atoms with Gasteiger partial charge in [-0.25, -0.2) is 13.2 Å². The fourth-order valence-corrected chi connectivity index (χ4v) is 5.20. The smallest absolute Gasteiger partial charge is 0.410 e. The first-order valence-corrected chi connectivity index (χ1v) is 13.7. The van der Waals surface area contributed by atoms with Crippen molar-refractivity contribution in [2.24, 2.45) is 0 Å². The maximum absolute atomic E-state index is 12.9. The van der Waals surface area contributed by atoms with Gasteiger partial charge in [-0.3, -0.25) is 4.98 Å². The van der Waals surface area contributed by atoms with E-state index in [-0.39, 0.29) is 22.8 Å². The third-order valence-electron chi connectivity index (χ3n) is 6.28. The van der Waals surface area contributed by atoms with Crippen molar-refractivity contribution < 1.29 is 17.9 Å². The van der Waals surface area contributed by atoms with Gasteiger partial charge in [0.15, 0.2) is 9.84 Å². The van der Waals surface area contributed by atoms with Gasteiger partial charge in [-0.15, -0.1) is 0 Å². The number of aromatic nitrogens is 1. The molecule has 1 aliphatic heterocycles. The van der Waals surface area contributed by atoms with Crippen molar-refractivity contribution in [1.82, 2.24) is 9.88 Å². The van der Waals surface area contributed by atoms with E-state index in [1.807, 2.05) is 51.1 Å². The fourth-order valence-electron chi connectivity index (χ4n) is 4.61. The third kappa shape index (κ3) is 6.09. The molecule has 2 heterocycles. The first-order valence-electron chi connectivity index (χ1n) is 11.8. The van der Waals surface area contributed by atoms with Crippen molar-refractivity contribution >= 4 is 15.9 Å². The lowest BCUT2D eigenvalue weighted by molar-refractivity contribution is 0.0184. The van der Waals surface area contributed by atoms with Gasteiger partial charge >= 0.3 is 6.09 Å². The molecule has 1 fully saturated rings. The summed E-state index contributed by atoms with van der Waals surface area (Å²) in [6.07, 6.45) is 4.76. The maximum atomic E-state index is 12.9. The van der Waals surface area contributed by atoms with Crippen LogP contribution >= 0.6 is 0 Å². The number of benzene rings is 2. The van der Waals surface area contributed by atoms with Gasteiger partial charge in [0.25, 0.3) is 0 Å². The number of carbonyl (C=O) groups is 1. The van der Waals surface area contributed by atoms with Crippen molar-refractivity contribution in [3.63, 3.8) is 0 Å². The van der Waals surface area contributed by atoms with Crippen LogP contribution in [-0.2, 0) is 14.6 Å². The van der Waals surface area contributed by atoms with Gasteiger partial charge < -0.3 is 9.64 Å². The molecule has 7 heteroatoms. The number of hydrogen-bond acceptors (Lipinski definition) is 5. The molecule has 0 bridgehead atoms. The molecule has 0 aliphatic carbocycles. The number of ether oxygens (including phenoxy) is 1. The molecule has 0 spiro atoms. The van der Waals surface area contributed by atoms with E-state index in [0.717, 1.165) is 23.1 Å². The average Bonchev–Trinajstić information content (AvgIpc) is 2.83. The molecule has 1 amide bonds. The molecule has 6 nitrogen and oxygen atoms in total. The summed E-state index contributed by atoms with van der Waals surface area (Å²) in [5.41, 5.74) is 3.41. The molecule has 4 rings (SSSR count). The zero-order valence-corrected chi connectivity index (χ0v) is 21.5. The van der Waals surface area contributed by atoms with Gasteiger partial charge in [0.05, 0.1) is 4.90 Å². The van der Waals surface area contributed by atoms with Gasteiger partial charge in [-0.2, -0.15) is 0 Å². The van der Waals surface area contributed by atoms with Crippen LogP contribution in [0.4, 0.5) is 4.79 Å². The van der Waals surface area contributed by atoms with Gasteiger partial charge in [0.1, 0.15) is 5.60 Å². The molecule has 1 saturated heterocycles. The van der Waals surface area contributed by atoms with Gasteiger partial charge in [-0.05, 0) is 55.9 Å². The van der Waals surface area contributed by atoms with E-state index in [2.05, 4.69) is 29.2 Å². The van der Waals surface area contributed by atoms with Crippen molar-refractivity contribution in [2.45, 2.75) is 49.5 Å². The lowest BCUT2D eigenvalue weighted by Crippen LogP contribution is -2.44. The molecule has 0 saturated carbocycles. The minimum Gasteiger partial charge on any atom is -0.444 e. The number of carbonyl (C=O) groups excluding carboxylic acids is 1. The first kappa shape index (κ1) is 24.9. The van der Waals surface area contributed by atoms with Crippen LogP contribution < -0.4 is 0 Å². The van der Waals surface area contributed by atoms with Crippen molar-refractivity contribution in [1.29, 1.82) is 0 Å². The Kier molecular flexibility index (Phi) is 6.99. The number of amides is 1. The van der Waals surface area contributed by atoms with Crippen molar-refractivity contribution in [3.05, 3.63) is 84.2 Å². The van der Waals surface area contributed by atoms with Crippen LogP contribution in [0.15, 0.2) is 78.0 Å². The topological polar surface area (TPSA) is 76.6 Å². The van der Waals surface area contributed by atoms with E-state index in [1.165, 1.54) is 18.0 Å². The highest BCUT2D eigenvalue weighted by Crippen LogP contribution is 2.41. The molecule has 0 radical (unpaired) electrons. The summed E-state index contributed by atoms with van der Waals surface area (Å²) in [7, 11) is -3.36. The predicted octanol–water partition coefficient (Wildman–Crippen LogP) is 5.66. The Morgan fingerprint density at radius 1 is 0.943 bits per heavy atom. The Morgan fingerprint density at radius 3 is 2.34 bits per heavy atom. The summed E-state index contributed by atoms with van der Waals surface area (Å²) in [6.45, 7) is 6.80. The zero-order valence-electron chi connectivity index (χ0n) is 20.6. The lowest BCUT2D eigenvalue weighted by Gasteiger charge is -2.39. The Bertz CT molecular complexity index is 1300. The average molecular weight is 493 g/mol. The van der Waals surface area contributed by atoms with E-state index in [4.69, 9.17) is 4.74 Å². The third-order valence-corrected chi connectivity index (χ3v) is 7.36. The highest BCUT2D eigenvalue weighted by atomic mass is 32.2. The highest BCUT2D eigenvalue weighted by Gasteiger charge is 2.35. The van der Waals surface area contributed by atoms with Crippen molar-refractivity contribution in [3.8, 4) is 11.1 Å². The molecule has 35 heavy (non-hydrogen) atoms. The number of piperidine rings is 1. The van der Waals surface area contributed by atoms with Crippen LogP contribution in [0.5, 0.6) is 0 Å². The van der Waals surface area contributed by atoms with E-state index >= 15 is 0 Å². The number of pyridine rings is 1. The van der Waals surface area contributed by atoms with Crippen LogP contribution in [0, 0.1) is 0 Å². The predicted molar refractivity (Wildman–Crippen MR) is 137 cm³/mol. The number of likely N-dealkylation sites (tertiary alicyclic amines) is 1. The molecular formula is C28H32N2O4S. The first-order chi connectivity index (χ1) is 16.5. The van der Waals surface area contributed by atoms with Crippen LogP contribution in [-0.4, -0.2) is 49.3 Å². The largest absolute Gasteiger partial charge is 0.444 e. The van der Waals surface area contributed by atoms with E-state index < -0.39 is 15.4 Å². The minimum atomic E-state index is -3.36. The molecule has 0 unspecified atom stereocenters. The van der Waals surface area contributed by atoms with Gasteiger partial charge in [0.2, 0.25) is 0 Å². The fraction of sp³-hybridized carbons (Fsp3) is 0.357. The molecule has 3 aromatic rings. The minimum absolute atomic E-state index is 0.0599. The zero-order chi connectivity index (χ0) is 25.2. The van der Waals surface area contributed by atoms with Crippen LogP contribution in [0.25, 0.3) is 11.1 Å². The SMILES string of the molecule is CC(C)(C)OC(=O)N1CC[C@@H](c2ccccc2)[C@H](c2cccc(-c3cncc(S(C)(=O)=O)c3)c2)C1. The molecule has 1 aromatic heterocycles. The van der Waals surface area contributed by atoms with E-state index in [1.54, 1.807) is 17.2 Å². The number of rotatable bonds is 4. The van der Waals surface area contributed by atoms with E-state index in [0.29, 0.717) is 13.1 Å². The quantitative estimate of drug-likeness (QED) is 0.470. The highest BCUT2D eigenvalue weighted by molar-refractivity contribution is 7.90. The number of hydrogen-bond donors (Lipinski definition) is 0. The normalized spacial score (nSPS) is 18.8. The number of sulfone groups is 1. The number of nitrogens with zero attached hydrogens (tertiary/aromatic N) is 2. The van der Waals surface area contributed by atoms with Gasteiger partial charge in [-0.1, -0.05) is 54.6 Å². The summed E-state index contributed by atoms with van der Waals surface area (Å²) in [5.74, 6) is 0.301. The summed E-state index contributed by atoms with van der Waals surface area (Å²) >= 11 is 0. The summed E-state index contributed by atoms with van der Waals surface area (Å²) in [5, 5.41) is 0. The molecular weight excluding hydrogens is 460 g/mol. The molecule has 184 valence electrons. The Labute approximate surface area is 207 Å².